The Bertz CT molecular complexity index is 1150. The fourth-order valence-corrected chi connectivity index (χ4v) is 2.94. The first-order chi connectivity index (χ1) is 12.5. The maximum atomic E-state index is 14.0. The summed E-state index contributed by atoms with van der Waals surface area (Å²) in [6.07, 6.45) is 0. The summed E-state index contributed by atoms with van der Waals surface area (Å²) in [5, 5.41) is 18.8. The Morgan fingerprint density at radius 2 is 1.96 bits per heavy atom. The van der Waals surface area contributed by atoms with Gasteiger partial charge in [0.05, 0.1) is 28.7 Å². The minimum Gasteiger partial charge on any atom is -0.509 e. The maximum absolute atomic E-state index is 14.0. The summed E-state index contributed by atoms with van der Waals surface area (Å²) >= 11 is 0. The zero-order chi connectivity index (χ0) is 18.4. The van der Waals surface area contributed by atoms with Crippen molar-refractivity contribution in [3.63, 3.8) is 0 Å². The number of aromatic nitrogens is 2. The Balaban J connectivity index is 1.82. The number of amidine groups is 1. The SMILES string of the molecule is N=C1C(c2nc3cc(F)ccc3c(=O)[nH]2)=C(O)CN1c1ccccc1F. The topological polar surface area (TPSA) is 93.1 Å². The van der Waals surface area contributed by atoms with Gasteiger partial charge in [-0.15, -0.1) is 0 Å². The van der Waals surface area contributed by atoms with E-state index in [1.165, 1.54) is 29.2 Å². The van der Waals surface area contributed by atoms with E-state index in [1.54, 1.807) is 6.07 Å². The molecule has 0 unspecified atom stereocenters. The third kappa shape index (κ3) is 2.43. The van der Waals surface area contributed by atoms with Gasteiger partial charge in [-0.1, -0.05) is 12.1 Å². The lowest BCUT2D eigenvalue weighted by atomic mass is 10.2. The highest BCUT2D eigenvalue weighted by Crippen LogP contribution is 2.31. The van der Waals surface area contributed by atoms with Crippen LogP contribution < -0.4 is 10.5 Å². The molecule has 0 atom stereocenters. The van der Waals surface area contributed by atoms with Crippen LogP contribution in [0.1, 0.15) is 5.82 Å². The third-order valence-electron chi connectivity index (χ3n) is 4.15. The number of aromatic amines is 1. The van der Waals surface area contributed by atoms with Gasteiger partial charge in [-0.25, -0.2) is 13.8 Å². The van der Waals surface area contributed by atoms with Crippen LogP contribution in [0.2, 0.25) is 0 Å². The Hall–Kier alpha value is -3.55. The number of anilines is 1. The van der Waals surface area contributed by atoms with Crippen LogP contribution in [0.25, 0.3) is 16.5 Å². The summed E-state index contributed by atoms with van der Waals surface area (Å²) in [5.41, 5.74) is -0.339. The Labute approximate surface area is 145 Å². The van der Waals surface area contributed by atoms with Gasteiger partial charge in [-0.2, -0.15) is 0 Å². The van der Waals surface area contributed by atoms with Gasteiger partial charge in [0.2, 0.25) is 0 Å². The van der Waals surface area contributed by atoms with Crippen LogP contribution in [-0.4, -0.2) is 27.5 Å². The highest BCUT2D eigenvalue weighted by atomic mass is 19.1. The molecule has 4 rings (SSSR count). The standard InChI is InChI=1S/C18H12F2N4O2/c19-9-5-6-10-12(7-9)22-17(23-18(10)26)15-14(25)8-24(16(15)21)13-4-2-1-3-11(13)20/h1-7,21,25H,8H2,(H,22,23,26). The van der Waals surface area contributed by atoms with Crippen molar-refractivity contribution < 1.29 is 13.9 Å². The van der Waals surface area contributed by atoms with Gasteiger partial charge in [-0.05, 0) is 24.3 Å². The fourth-order valence-electron chi connectivity index (χ4n) is 2.94. The van der Waals surface area contributed by atoms with Gasteiger partial charge >= 0.3 is 0 Å². The van der Waals surface area contributed by atoms with E-state index in [1.807, 2.05) is 0 Å². The molecule has 1 aromatic heterocycles. The number of nitrogens with one attached hydrogen (secondary N) is 2. The Morgan fingerprint density at radius 1 is 1.19 bits per heavy atom. The van der Waals surface area contributed by atoms with Crippen LogP contribution in [0, 0.1) is 17.0 Å². The summed E-state index contributed by atoms with van der Waals surface area (Å²) in [5.74, 6) is -1.64. The van der Waals surface area contributed by atoms with E-state index in [4.69, 9.17) is 5.41 Å². The first-order valence-electron chi connectivity index (χ1n) is 7.69. The molecule has 8 heteroatoms. The lowest BCUT2D eigenvalue weighted by molar-refractivity contribution is 0.411. The van der Waals surface area contributed by atoms with Crippen molar-refractivity contribution in [1.82, 2.24) is 9.97 Å². The van der Waals surface area contributed by atoms with E-state index in [2.05, 4.69) is 9.97 Å². The van der Waals surface area contributed by atoms with Gasteiger partial charge in [0, 0.05) is 6.07 Å². The Kier molecular flexibility index (Phi) is 3.54. The van der Waals surface area contributed by atoms with Crippen molar-refractivity contribution >= 4 is 28.0 Å². The second-order valence-corrected chi connectivity index (χ2v) is 5.78. The molecule has 0 amide bonds. The van der Waals surface area contributed by atoms with E-state index in [9.17, 15) is 18.7 Å². The number of H-pyrrole nitrogens is 1. The van der Waals surface area contributed by atoms with Gasteiger partial charge < -0.3 is 15.0 Å². The van der Waals surface area contributed by atoms with Crippen molar-refractivity contribution in [2.24, 2.45) is 0 Å². The lowest BCUT2D eigenvalue weighted by Crippen LogP contribution is -2.27. The van der Waals surface area contributed by atoms with Gasteiger partial charge in [-0.3, -0.25) is 10.2 Å². The number of halogens is 2. The number of nitrogens with zero attached hydrogens (tertiary/aromatic N) is 2. The van der Waals surface area contributed by atoms with Crippen LogP contribution in [0.15, 0.2) is 53.0 Å². The summed E-state index contributed by atoms with van der Waals surface area (Å²) in [6.45, 7) is -0.139. The molecule has 0 fully saturated rings. The maximum Gasteiger partial charge on any atom is 0.259 e. The molecular formula is C18H12F2N4O2. The number of aliphatic hydroxyl groups excluding tert-OH is 1. The van der Waals surface area contributed by atoms with Crippen molar-refractivity contribution in [3.05, 3.63) is 76.0 Å². The van der Waals surface area contributed by atoms with Crippen LogP contribution in [0.4, 0.5) is 14.5 Å². The second-order valence-electron chi connectivity index (χ2n) is 5.78. The molecule has 3 aromatic rings. The average molecular weight is 354 g/mol. The van der Waals surface area contributed by atoms with Crippen molar-refractivity contribution in [2.75, 3.05) is 11.4 Å². The molecule has 6 nitrogen and oxygen atoms in total. The molecule has 1 aliphatic rings. The minimum absolute atomic E-state index is 0.0310. The smallest absolute Gasteiger partial charge is 0.259 e. The monoisotopic (exact) mass is 354 g/mol. The first-order valence-corrected chi connectivity index (χ1v) is 7.69. The molecular weight excluding hydrogens is 342 g/mol. The molecule has 130 valence electrons. The molecule has 2 aromatic carbocycles. The molecule has 26 heavy (non-hydrogen) atoms. The predicted octanol–water partition coefficient (Wildman–Crippen LogP) is 2.97. The highest BCUT2D eigenvalue weighted by molar-refractivity contribution is 6.30. The van der Waals surface area contributed by atoms with E-state index in [-0.39, 0.29) is 46.1 Å². The zero-order valence-corrected chi connectivity index (χ0v) is 13.3. The number of aliphatic hydroxyl groups is 1. The largest absolute Gasteiger partial charge is 0.509 e. The van der Waals surface area contributed by atoms with Crippen molar-refractivity contribution in [1.29, 1.82) is 5.41 Å². The highest BCUT2D eigenvalue weighted by Gasteiger charge is 2.32. The number of rotatable bonds is 2. The lowest BCUT2D eigenvalue weighted by Gasteiger charge is -2.19. The van der Waals surface area contributed by atoms with Gasteiger partial charge in [0.1, 0.15) is 29.1 Å². The molecule has 0 bridgehead atoms. The molecule has 0 radical (unpaired) electrons. The summed E-state index contributed by atoms with van der Waals surface area (Å²) < 4.78 is 27.5. The van der Waals surface area contributed by atoms with E-state index in [0.29, 0.717) is 0 Å². The third-order valence-corrected chi connectivity index (χ3v) is 4.15. The van der Waals surface area contributed by atoms with E-state index in [0.717, 1.165) is 12.1 Å². The molecule has 0 saturated heterocycles. The quantitative estimate of drug-likeness (QED) is 0.660. The number of fused-ring (bicyclic) bond motifs is 1. The first kappa shape index (κ1) is 15.9. The summed E-state index contributed by atoms with van der Waals surface area (Å²) in [6, 6.07) is 9.40. The molecule has 0 aliphatic carbocycles. The van der Waals surface area contributed by atoms with Crippen LogP contribution in [0.5, 0.6) is 0 Å². The van der Waals surface area contributed by atoms with Crippen LogP contribution >= 0.6 is 0 Å². The molecule has 0 spiro atoms. The minimum atomic E-state index is -0.561. The second kappa shape index (κ2) is 5.76. The molecule has 1 aliphatic heterocycles. The van der Waals surface area contributed by atoms with Crippen LogP contribution in [-0.2, 0) is 0 Å². The predicted molar refractivity (Wildman–Crippen MR) is 93.3 cm³/mol. The summed E-state index contributed by atoms with van der Waals surface area (Å²) in [4.78, 5) is 20.1. The summed E-state index contributed by atoms with van der Waals surface area (Å²) in [7, 11) is 0. The number of hydrogen-bond acceptors (Lipinski definition) is 4. The van der Waals surface area contributed by atoms with E-state index >= 15 is 0 Å². The number of para-hydroxylation sites is 1. The van der Waals surface area contributed by atoms with Gasteiger partial charge in [0.15, 0.2) is 0 Å². The van der Waals surface area contributed by atoms with Gasteiger partial charge in [0.25, 0.3) is 5.56 Å². The van der Waals surface area contributed by atoms with Crippen molar-refractivity contribution in [3.8, 4) is 0 Å². The molecule has 0 saturated carbocycles. The van der Waals surface area contributed by atoms with Crippen molar-refractivity contribution in [2.45, 2.75) is 0 Å². The normalized spacial score (nSPS) is 14.5. The average Bonchev–Trinajstić information content (AvgIpc) is 2.89. The number of benzene rings is 2. The van der Waals surface area contributed by atoms with E-state index < -0.39 is 17.2 Å². The number of hydrogen-bond donors (Lipinski definition) is 3. The molecule has 2 heterocycles. The fraction of sp³-hybridized carbons (Fsp3) is 0.0556. The molecule has 3 N–H and O–H groups in total. The van der Waals surface area contributed by atoms with Crippen LogP contribution in [0.3, 0.4) is 0 Å². The zero-order valence-electron chi connectivity index (χ0n) is 13.3. The Morgan fingerprint density at radius 3 is 2.73 bits per heavy atom.